The molecule has 33 heavy (non-hydrogen) atoms. The zero-order valence-electron chi connectivity index (χ0n) is 18.5. The number of ether oxygens (including phenoxy) is 1. The molecule has 0 bridgehead atoms. The Morgan fingerprint density at radius 1 is 1.24 bits per heavy atom. The van der Waals surface area contributed by atoms with E-state index in [9.17, 15) is 9.50 Å². The molecule has 0 spiro atoms. The number of pyridine rings is 1. The fourth-order valence-electron chi connectivity index (χ4n) is 4.03. The van der Waals surface area contributed by atoms with Crippen molar-refractivity contribution < 1.29 is 14.2 Å². The van der Waals surface area contributed by atoms with Crippen molar-refractivity contribution in [2.24, 2.45) is 5.73 Å². The van der Waals surface area contributed by atoms with Crippen LogP contribution in [0.1, 0.15) is 30.1 Å². The van der Waals surface area contributed by atoms with Gasteiger partial charge < -0.3 is 15.6 Å². The number of piperidine rings is 1. The van der Waals surface area contributed by atoms with Gasteiger partial charge in [-0.25, -0.2) is 4.39 Å². The molecule has 9 heteroatoms. The van der Waals surface area contributed by atoms with Crippen LogP contribution in [0.4, 0.5) is 4.39 Å². The van der Waals surface area contributed by atoms with Crippen LogP contribution in [0.25, 0.3) is 21.1 Å². The van der Waals surface area contributed by atoms with E-state index in [2.05, 4.69) is 14.6 Å². The van der Waals surface area contributed by atoms with Gasteiger partial charge in [0, 0.05) is 31.2 Å². The molecular weight excluding hydrogens is 441 g/mol. The van der Waals surface area contributed by atoms with Crippen LogP contribution in [0.15, 0.2) is 48.7 Å². The van der Waals surface area contributed by atoms with Gasteiger partial charge >= 0.3 is 0 Å². The lowest BCUT2D eigenvalue weighted by atomic mass is 10.0. The minimum atomic E-state index is -0.782. The molecule has 1 fully saturated rings. The molecular formula is C24H28FN5O2S. The summed E-state index contributed by atoms with van der Waals surface area (Å²) in [7, 11) is 1.61. The molecule has 0 saturated carbocycles. The number of hydrogen-bond acceptors (Lipinski definition) is 8. The highest BCUT2D eigenvalue weighted by molar-refractivity contribution is 7.12. The smallest absolute Gasteiger partial charge is 0.119 e. The van der Waals surface area contributed by atoms with Crippen molar-refractivity contribution in [2.75, 3.05) is 26.7 Å². The van der Waals surface area contributed by atoms with Gasteiger partial charge in [-0.2, -0.15) is 0 Å². The summed E-state index contributed by atoms with van der Waals surface area (Å²) in [5, 5.41) is 15.4. The fraction of sp³-hybridized carbons (Fsp3) is 0.375. The second kappa shape index (κ2) is 10.9. The lowest BCUT2D eigenvalue weighted by molar-refractivity contribution is 0.0739. The van der Waals surface area contributed by atoms with Gasteiger partial charge in [-0.05, 0) is 78.4 Å². The van der Waals surface area contributed by atoms with Crippen molar-refractivity contribution >= 4 is 32.7 Å². The minimum Gasteiger partial charge on any atom is -0.497 e. The number of β-amino-alcohol motifs (C(OH)–C–C–N with tert-alkyl or cyclic N) is 1. The average molecular weight is 470 g/mol. The van der Waals surface area contributed by atoms with Crippen molar-refractivity contribution in [2.45, 2.75) is 31.7 Å². The Bertz CT molecular complexity index is 1200. The highest BCUT2D eigenvalue weighted by Crippen LogP contribution is 2.28. The molecule has 2 atom stereocenters. The third kappa shape index (κ3) is 5.80. The van der Waals surface area contributed by atoms with Gasteiger partial charge in [0.1, 0.15) is 17.4 Å². The van der Waals surface area contributed by atoms with Crippen molar-refractivity contribution in [3.8, 4) is 5.75 Å². The number of benzene rings is 2. The molecule has 0 aliphatic carbocycles. The van der Waals surface area contributed by atoms with Gasteiger partial charge in [-0.1, -0.05) is 10.6 Å². The molecule has 1 aliphatic heterocycles. The first-order valence-corrected chi connectivity index (χ1v) is 11.7. The molecule has 0 amide bonds. The summed E-state index contributed by atoms with van der Waals surface area (Å²) in [5.41, 5.74) is 9.14. The predicted octanol–water partition coefficient (Wildman–Crippen LogP) is 3.86. The summed E-state index contributed by atoms with van der Waals surface area (Å²) in [5.74, 6) is 0.732. The predicted molar refractivity (Wildman–Crippen MR) is 129 cm³/mol. The zero-order chi connectivity index (χ0) is 23.2. The number of rotatable bonds is 5. The normalized spacial score (nSPS) is 17.5. The zero-order valence-corrected chi connectivity index (χ0v) is 19.3. The van der Waals surface area contributed by atoms with Crippen molar-refractivity contribution in [1.82, 2.24) is 19.5 Å². The Hall–Kier alpha value is -2.72. The topological polar surface area (TPSA) is 97.4 Å². The Balaban J connectivity index is 0.000000196. The van der Waals surface area contributed by atoms with E-state index in [-0.39, 0.29) is 0 Å². The third-order valence-electron chi connectivity index (χ3n) is 5.77. The number of fused-ring (bicyclic) bond motifs is 2. The maximum absolute atomic E-state index is 13.5. The molecule has 3 N–H and O–H groups in total. The van der Waals surface area contributed by atoms with Crippen molar-refractivity contribution in [1.29, 1.82) is 0 Å². The summed E-state index contributed by atoms with van der Waals surface area (Å²) < 4.78 is 23.7. The summed E-state index contributed by atoms with van der Waals surface area (Å²) in [6, 6.07) is 13.4. The molecule has 3 heterocycles. The average Bonchev–Trinajstić information content (AvgIpc) is 3.31. The first-order valence-electron chi connectivity index (χ1n) is 11.0. The number of hydrogen-bond donors (Lipinski definition) is 2. The molecule has 174 valence electrons. The minimum absolute atomic E-state index is 0.406. The monoisotopic (exact) mass is 469 g/mol. The van der Waals surface area contributed by atoms with Gasteiger partial charge in [-0.3, -0.25) is 9.88 Å². The quantitative estimate of drug-likeness (QED) is 0.458. The first kappa shape index (κ1) is 23.4. The number of methoxy groups -OCH3 is 1. The van der Waals surface area contributed by atoms with Gasteiger partial charge in [-0.15, -0.1) is 5.10 Å². The van der Waals surface area contributed by atoms with E-state index < -0.39 is 12.3 Å². The molecule has 1 aliphatic rings. The fourth-order valence-corrected chi connectivity index (χ4v) is 4.56. The van der Waals surface area contributed by atoms with Gasteiger partial charge in [0.2, 0.25) is 0 Å². The Morgan fingerprint density at radius 3 is 2.91 bits per heavy atom. The maximum Gasteiger partial charge on any atom is 0.119 e. The Labute approximate surface area is 196 Å². The van der Waals surface area contributed by atoms with Crippen LogP contribution in [0.5, 0.6) is 5.75 Å². The van der Waals surface area contributed by atoms with E-state index in [1.54, 1.807) is 13.3 Å². The van der Waals surface area contributed by atoms with E-state index >= 15 is 0 Å². The van der Waals surface area contributed by atoms with Crippen molar-refractivity contribution in [3.63, 3.8) is 0 Å². The number of halogens is 1. The van der Waals surface area contributed by atoms with E-state index in [0.717, 1.165) is 51.0 Å². The molecule has 0 radical (unpaired) electrons. The summed E-state index contributed by atoms with van der Waals surface area (Å²) in [6.45, 7) is 2.25. The number of aliphatic hydroxyl groups is 1. The number of aliphatic hydroxyl groups excluding tert-OH is 1. The first-order chi connectivity index (χ1) is 16.1. The number of aromatic nitrogens is 3. The largest absolute Gasteiger partial charge is 0.497 e. The van der Waals surface area contributed by atoms with E-state index in [1.165, 1.54) is 11.5 Å². The number of alkyl halides is 1. The summed E-state index contributed by atoms with van der Waals surface area (Å²) >= 11 is 1.40. The van der Waals surface area contributed by atoms with Crippen LogP contribution in [0.3, 0.4) is 0 Å². The van der Waals surface area contributed by atoms with Crippen LogP contribution in [-0.2, 0) is 6.54 Å². The molecule has 2 aromatic heterocycles. The van der Waals surface area contributed by atoms with E-state index in [1.807, 2.05) is 47.4 Å². The van der Waals surface area contributed by atoms with Crippen LogP contribution in [-0.4, -0.2) is 57.5 Å². The molecule has 2 aromatic carbocycles. The molecule has 1 saturated heterocycles. The number of nitrogens with zero attached hydrogens (tertiary/aromatic N) is 4. The van der Waals surface area contributed by atoms with Gasteiger partial charge in [0.05, 0.1) is 23.4 Å². The van der Waals surface area contributed by atoms with Crippen LogP contribution in [0, 0.1) is 0 Å². The molecule has 5 rings (SSSR count). The standard InChI is InChI=1S/C17H21FN2O2.C7H7N3S/c1-22-13-4-5-16-15(9-13)14(6-7-19-16)17(21)11-20-8-2-3-12(18)10-20;8-4-5-1-2-7-6(3-5)9-10-11-7/h4-7,9,12,17,21H,2-3,8,10-11H2,1H3;1-3H,4,8H2/t12-,17?;/m1./s1. The van der Waals surface area contributed by atoms with Crippen LogP contribution < -0.4 is 10.5 Å². The second-order valence-corrected chi connectivity index (χ2v) is 8.86. The van der Waals surface area contributed by atoms with Gasteiger partial charge in [0.15, 0.2) is 0 Å². The van der Waals surface area contributed by atoms with Gasteiger partial charge in [0.25, 0.3) is 0 Å². The SMILES string of the molecule is COc1ccc2nccc(C(O)CN3CCC[C@@H](F)C3)c2c1.NCc1ccc2snnc2c1. The molecule has 7 nitrogen and oxygen atoms in total. The summed E-state index contributed by atoms with van der Waals surface area (Å²) in [6.07, 6.45) is 1.72. The van der Waals surface area contributed by atoms with Crippen LogP contribution >= 0.6 is 11.5 Å². The molecule has 4 aromatic rings. The highest BCUT2D eigenvalue weighted by Gasteiger charge is 2.22. The van der Waals surface area contributed by atoms with E-state index in [4.69, 9.17) is 10.5 Å². The number of nitrogens with two attached hydrogens (primary N) is 1. The number of likely N-dealkylation sites (tertiary alicyclic amines) is 1. The third-order valence-corrected chi connectivity index (χ3v) is 6.47. The van der Waals surface area contributed by atoms with Crippen molar-refractivity contribution in [3.05, 3.63) is 59.8 Å². The summed E-state index contributed by atoms with van der Waals surface area (Å²) in [4.78, 5) is 6.31. The molecule has 1 unspecified atom stereocenters. The Morgan fingerprint density at radius 2 is 2.12 bits per heavy atom. The Kier molecular flexibility index (Phi) is 7.77. The lowest BCUT2D eigenvalue weighted by Crippen LogP contribution is -2.38. The second-order valence-electron chi connectivity index (χ2n) is 8.08. The lowest BCUT2D eigenvalue weighted by Gasteiger charge is -2.30. The maximum atomic E-state index is 13.5. The van der Waals surface area contributed by atoms with Crippen LogP contribution in [0.2, 0.25) is 0 Å². The highest BCUT2D eigenvalue weighted by atomic mass is 32.1. The van der Waals surface area contributed by atoms with E-state index in [0.29, 0.717) is 26.1 Å².